The van der Waals surface area contributed by atoms with E-state index in [-0.39, 0.29) is 35.3 Å². The number of halogens is 1. The molecule has 2 aromatic heterocycles. The van der Waals surface area contributed by atoms with Crippen molar-refractivity contribution in [2.45, 2.75) is 19.3 Å². The summed E-state index contributed by atoms with van der Waals surface area (Å²) in [4.78, 5) is 27.1. The molecule has 25 heavy (non-hydrogen) atoms. The van der Waals surface area contributed by atoms with E-state index in [0.29, 0.717) is 12.1 Å². The van der Waals surface area contributed by atoms with Gasteiger partial charge < -0.3 is 10.2 Å². The van der Waals surface area contributed by atoms with Gasteiger partial charge in [-0.15, -0.1) is 0 Å². The quantitative estimate of drug-likeness (QED) is 0.718. The highest BCUT2D eigenvalue weighted by Crippen LogP contribution is 2.10. The number of aliphatic carboxylic acids is 1. The SMILES string of the molecule is O=C(O)CC/C(O)=c1\c(=O)cc(Cc2ccc(F)cc2)n2ncnc12. The van der Waals surface area contributed by atoms with E-state index in [2.05, 4.69) is 10.1 Å². The lowest BCUT2D eigenvalue weighted by molar-refractivity contribution is -0.136. The number of carboxylic acids is 1. The van der Waals surface area contributed by atoms with Gasteiger partial charge in [0.15, 0.2) is 11.1 Å². The van der Waals surface area contributed by atoms with E-state index in [4.69, 9.17) is 5.11 Å². The van der Waals surface area contributed by atoms with Crippen molar-refractivity contribution in [2.75, 3.05) is 0 Å². The monoisotopic (exact) mass is 343 g/mol. The maximum absolute atomic E-state index is 13.0. The number of hydrogen-bond donors (Lipinski definition) is 2. The van der Waals surface area contributed by atoms with Crippen molar-refractivity contribution in [3.8, 4) is 0 Å². The van der Waals surface area contributed by atoms with E-state index < -0.39 is 11.4 Å². The number of aromatic nitrogens is 3. The second kappa shape index (κ2) is 6.68. The number of benzene rings is 1. The van der Waals surface area contributed by atoms with Crippen molar-refractivity contribution in [1.29, 1.82) is 0 Å². The van der Waals surface area contributed by atoms with Crippen LogP contribution in [0.3, 0.4) is 0 Å². The van der Waals surface area contributed by atoms with Crippen LogP contribution in [0.15, 0.2) is 41.5 Å². The normalized spacial score (nSPS) is 12.4. The molecule has 2 heterocycles. The molecule has 128 valence electrons. The van der Waals surface area contributed by atoms with E-state index in [1.54, 1.807) is 12.1 Å². The molecule has 7 nitrogen and oxygen atoms in total. The van der Waals surface area contributed by atoms with Crippen molar-refractivity contribution in [1.82, 2.24) is 14.6 Å². The Hall–Kier alpha value is -3.29. The second-order valence-corrected chi connectivity index (χ2v) is 5.51. The number of nitrogens with zero attached hydrogens (tertiary/aromatic N) is 3. The van der Waals surface area contributed by atoms with Crippen LogP contribution in [0.4, 0.5) is 4.39 Å². The molecule has 0 bridgehead atoms. The third-order valence-corrected chi connectivity index (χ3v) is 3.75. The zero-order valence-corrected chi connectivity index (χ0v) is 13.0. The van der Waals surface area contributed by atoms with Crippen molar-refractivity contribution in [2.24, 2.45) is 0 Å². The standard InChI is InChI=1S/C17H14FN3O4/c18-11-3-1-10(2-4-11)7-12-8-14(23)16(13(22)5-6-15(24)25)17-19-9-20-21(12)17/h1-4,8-9,22H,5-7H2,(H,24,25)/b16-13-. The van der Waals surface area contributed by atoms with Crippen molar-refractivity contribution in [3.63, 3.8) is 0 Å². The van der Waals surface area contributed by atoms with Gasteiger partial charge in [-0.05, 0) is 17.7 Å². The maximum atomic E-state index is 13.0. The Bertz CT molecular complexity index is 1040. The minimum absolute atomic E-state index is 0.0541. The van der Waals surface area contributed by atoms with Gasteiger partial charge in [0, 0.05) is 18.9 Å². The van der Waals surface area contributed by atoms with Crippen LogP contribution in [0, 0.1) is 5.82 Å². The summed E-state index contributed by atoms with van der Waals surface area (Å²) in [5, 5.41) is 22.8. The minimum Gasteiger partial charge on any atom is -0.511 e. The predicted octanol–water partition coefficient (Wildman–Crippen LogP) is 1.07. The topological polar surface area (TPSA) is 105 Å². The van der Waals surface area contributed by atoms with Crippen LogP contribution >= 0.6 is 0 Å². The van der Waals surface area contributed by atoms with Crippen LogP contribution in [0.2, 0.25) is 0 Å². The lowest BCUT2D eigenvalue weighted by Crippen LogP contribution is -2.31. The first kappa shape index (κ1) is 16.6. The molecule has 3 rings (SSSR count). The van der Waals surface area contributed by atoms with Gasteiger partial charge in [-0.25, -0.2) is 13.9 Å². The summed E-state index contributed by atoms with van der Waals surface area (Å²) >= 11 is 0. The van der Waals surface area contributed by atoms with Crippen molar-refractivity contribution in [3.05, 3.63) is 69.2 Å². The molecule has 0 amide bonds. The fraction of sp³-hybridized carbons (Fsp3) is 0.176. The van der Waals surface area contributed by atoms with Crippen molar-refractivity contribution >= 4 is 17.4 Å². The van der Waals surface area contributed by atoms with Crippen LogP contribution < -0.4 is 10.6 Å². The van der Waals surface area contributed by atoms with Crippen LogP contribution in [-0.2, 0) is 11.2 Å². The number of carboxylic acid groups (broad SMARTS) is 1. The Balaban J connectivity index is 2.09. The summed E-state index contributed by atoms with van der Waals surface area (Å²) < 4.78 is 14.4. The molecule has 0 aliphatic heterocycles. The molecule has 0 saturated heterocycles. The minimum atomic E-state index is -1.08. The first-order valence-electron chi connectivity index (χ1n) is 7.49. The first-order chi connectivity index (χ1) is 12.0. The lowest BCUT2D eigenvalue weighted by atomic mass is 10.1. The Morgan fingerprint density at radius 3 is 2.56 bits per heavy atom. The molecule has 1 aromatic carbocycles. The Labute approximate surface area is 140 Å². The molecule has 0 saturated carbocycles. The van der Waals surface area contributed by atoms with E-state index in [1.165, 1.54) is 29.0 Å². The van der Waals surface area contributed by atoms with Gasteiger partial charge in [-0.3, -0.25) is 9.59 Å². The smallest absolute Gasteiger partial charge is 0.303 e. The predicted molar refractivity (Wildman–Crippen MR) is 86.6 cm³/mol. The van der Waals surface area contributed by atoms with E-state index in [1.807, 2.05) is 0 Å². The maximum Gasteiger partial charge on any atom is 0.303 e. The number of fused-ring (bicyclic) bond motifs is 1. The second-order valence-electron chi connectivity index (χ2n) is 5.51. The number of carbonyl (C=O) groups is 1. The molecule has 3 aromatic rings. The van der Waals surface area contributed by atoms with E-state index >= 15 is 0 Å². The lowest BCUT2D eigenvalue weighted by Gasteiger charge is -2.06. The number of rotatable bonds is 5. The highest BCUT2D eigenvalue weighted by atomic mass is 19.1. The Kier molecular flexibility index (Phi) is 4.42. The summed E-state index contributed by atoms with van der Waals surface area (Å²) in [6.45, 7) is 0. The first-order valence-corrected chi connectivity index (χ1v) is 7.49. The van der Waals surface area contributed by atoms with Crippen LogP contribution in [-0.4, -0.2) is 30.8 Å². The zero-order chi connectivity index (χ0) is 18.0. The van der Waals surface area contributed by atoms with Crippen LogP contribution in [0.5, 0.6) is 0 Å². The van der Waals surface area contributed by atoms with Crippen molar-refractivity contribution < 1.29 is 19.4 Å². The molecule has 0 spiro atoms. The molecule has 8 heteroatoms. The van der Waals surface area contributed by atoms with Gasteiger partial charge in [0.25, 0.3) is 0 Å². The van der Waals surface area contributed by atoms with Gasteiger partial charge in [0.1, 0.15) is 23.1 Å². The number of pyridine rings is 1. The molecule has 0 fully saturated rings. The number of hydrogen-bond acceptors (Lipinski definition) is 5. The van der Waals surface area contributed by atoms with Crippen LogP contribution in [0.25, 0.3) is 11.4 Å². The Morgan fingerprint density at radius 2 is 1.88 bits per heavy atom. The third kappa shape index (κ3) is 3.47. The molecular formula is C17H14FN3O4. The number of aliphatic hydroxyl groups is 1. The van der Waals surface area contributed by atoms with Gasteiger partial charge in [-0.1, -0.05) is 12.1 Å². The molecule has 0 atom stereocenters. The van der Waals surface area contributed by atoms with Gasteiger partial charge in [0.2, 0.25) is 0 Å². The summed E-state index contributed by atoms with van der Waals surface area (Å²) in [6, 6.07) is 7.18. The third-order valence-electron chi connectivity index (χ3n) is 3.75. The largest absolute Gasteiger partial charge is 0.511 e. The summed E-state index contributed by atoms with van der Waals surface area (Å²) in [5.41, 5.74) is 0.997. The fourth-order valence-corrected chi connectivity index (χ4v) is 2.58. The van der Waals surface area contributed by atoms with Gasteiger partial charge >= 0.3 is 5.97 Å². The summed E-state index contributed by atoms with van der Waals surface area (Å²) in [6.07, 6.45) is 1.09. The highest BCUT2D eigenvalue weighted by Gasteiger charge is 2.13. The average molecular weight is 343 g/mol. The van der Waals surface area contributed by atoms with Gasteiger partial charge in [0.05, 0.1) is 12.1 Å². The van der Waals surface area contributed by atoms with E-state index in [9.17, 15) is 19.1 Å². The molecule has 0 aliphatic carbocycles. The molecular weight excluding hydrogens is 329 g/mol. The molecule has 0 aliphatic rings. The fourth-order valence-electron chi connectivity index (χ4n) is 2.58. The van der Waals surface area contributed by atoms with Crippen LogP contribution in [0.1, 0.15) is 24.1 Å². The highest BCUT2D eigenvalue weighted by molar-refractivity contribution is 5.68. The molecule has 2 N–H and O–H groups in total. The zero-order valence-electron chi connectivity index (χ0n) is 13.0. The Morgan fingerprint density at radius 1 is 1.16 bits per heavy atom. The number of aliphatic hydroxyl groups excluding tert-OH is 1. The molecule has 0 unspecified atom stereocenters. The molecule has 0 radical (unpaired) electrons. The van der Waals surface area contributed by atoms with Gasteiger partial charge in [-0.2, -0.15) is 5.10 Å². The average Bonchev–Trinajstić information content (AvgIpc) is 3.04. The summed E-state index contributed by atoms with van der Waals surface area (Å²) in [7, 11) is 0. The van der Waals surface area contributed by atoms with E-state index in [0.717, 1.165) is 5.56 Å². The summed E-state index contributed by atoms with van der Waals surface area (Å²) in [5.74, 6) is -1.77.